The Morgan fingerprint density at radius 3 is 2.73 bits per heavy atom. The summed E-state index contributed by atoms with van der Waals surface area (Å²) < 4.78 is 4.70. The number of hydrogen-bond donors (Lipinski definition) is 1. The number of H-pyrrole nitrogens is 1. The van der Waals surface area contributed by atoms with Gasteiger partial charge in [0.1, 0.15) is 0 Å². The minimum atomic E-state index is -0.353. The highest BCUT2D eigenvalue weighted by atomic mass is 16.5. The molecule has 0 aliphatic rings. The van der Waals surface area contributed by atoms with E-state index in [1.165, 1.54) is 35.1 Å². The molecule has 1 N–H and O–H groups in total. The van der Waals surface area contributed by atoms with Crippen LogP contribution in [0.2, 0.25) is 0 Å². The van der Waals surface area contributed by atoms with Crippen molar-refractivity contribution in [2.24, 2.45) is 0 Å². The first-order chi connectivity index (χ1) is 12.7. The summed E-state index contributed by atoms with van der Waals surface area (Å²) in [5.41, 5.74) is 4.54. The van der Waals surface area contributed by atoms with E-state index in [-0.39, 0.29) is 5.97 Å². The molecule has 0 aliphatic carbocycles. The number of benzene rings is 3. The van der Waals surface area contributed by atoms with Gasteiger partial charge in [0.2, 0.25) is 0 Å². The van der Waals surface area contributed by atoms with Crippen LogP contribution in [0.25, 0.3) is 27.8 Å². The Labute approximate surface area is 151 Å². The number of aromatic amines is 1. The molecule has 0 amide bonds. The van der Waals surface area contributed by atoms with E-state index in [9.17, 15) is 4.79 Å². The van der Waals surface area contributed by atoms with Crippen LogP contribution in [0.1, 0.15) is 16.7 Å². The predicted molar refractivity (Wildman–Crippen MR) is 106 cm³/mol. The van der Waals surface area contributed by atoms with Gasteiger partial charge in [0.15, 0.2) is 0 Å². The number of fused-ring (bicyclic) bond motifs is 2. The largest absolute Gasteiger partial charge is 0.466 e. The summed E-state index contributed by atoms with van der Waals surface area (Å²) >= 11 is 0. The van der Waals surface area contributed by atoms with E-state index in [0.29, 0.717) is 0 Å². The van der Waals surface area contributed by atoms with Gasteiger partial charge in [0, 0.05) is 23.2 Å². The Balaban J connectivity index is 1.73. The van der Waals surface area contributed by atoms with Crippen molar-refractivity contribution in [1.82, 2.24) is 4.98 Å². The van der Waals surface area contributed by atoms with Crippen LogP contribution in [0.5, 0.6) is 0 Å². The minimum absolute atomic E-state index is 0.353. The maximum Gasteiger partial charge on any atom is 0.330 e. The van der Waals surface area contributed by atoms with Gasteiger partial charge in [-0.3, -0.25) is 0 Å². The molecular formula is C23H19NO2. The molecular weight excluding hydrogens is 322 g/mol. The number of nitrogens with one attached hydrogen (secondary N) is 1. The van der Waals surface area contributed by atoms with Crippen molar-refractivity contribution in [3.63, 3.8) is 0 Å². The molecule has 0 bridgehead atoms. The van der Waals surface area contributed by atoms with Gasteiger partial charge in [0.05, 0.1) is 7.11 Å². The molecule has 3 aromatic carbocycles. The second kappa shape index (κ2) is 6.89. The zero-order chi connectivity index (χ0) is 17.9. The molecule has 3 nitrogen and oxygen atoms in total. The van der Waals surface area contributed by atoms with Crippen molar-refractivity contribution >= 4 is 33.7 Å². The molecule has 0 saturated carbocycles. The maximum atomic E-state index is 11.4. The molecule has 26 heavy (non-hydrogen) atoms. The van der Waals surface area contributed by atoms with Crippen LogP contribution in [0.3, 0.4) is 0 Å². The highest BCUT2D eigenvalue weighted by Gasteiger charge is 2.09. The van der Waals surface area contributed by atoms with Crippen LogP contribution in [0, 0.1) is 0 Å². The molecule has 3 heteroatoms. The van der Waals surface area contributed by atoms with Gasteiger partial charge in [0.25, 0.3) is 0 Å². The van der Waals surface area contributed by atoms with Crippen molar-refractivity contribution in [3.8, 4) is 0 Å². The van der Waals surface area contributed by atoms with Gasteiger partial charge >= 0.3 is 5.97 Å². The van der Waals surface area contributed by atoms with Gasteiger partial charge in [-0.15, -0.1) is 0 Å². The monoisotopic (exact) mass is 341 g/mol. The van der Waals surface area contributed by atoms with E-state index < -0.39 is 0 Å². The normalized spacial score (nSPS) is 11.4. The van der Waals surface area contributed by atoms with Crippen LogP contribution in [-0.2, 0) is 16.0 Å². The number of ether oxygens (including phenoxy) is 1. The van der Waals surface area contributed by atoms with Gasteiger partial charge < -0.3 is 9.72 Å². The number of methoxy groups -OCH3 is 1. The molecule has 0 atom stereocenters. The standard InChI is InChI=1S/C23H19NO2/c1-26-22(25)12-11-18-7-4-8-21-23(18)20(15-24-21)14-16-9-10-17-5-2-3-6-19(17)13-16/h2-13,15,24H,14H2,1H3/b12-11+. The van der Waals surface area contributed by atoms with E-state index in [1.54, 1.807) is 0 Å². The first kappa shape index (κ1) is 16.2. The van der Waals surface area contributed by atoms with Gasteiger partial charge in [-0.05, 0) is 46.0 Å². The van der Waals surface area contributed by atoms with Crippen molar-refractivity contribution in [3.05, 3.63) is 89.6 Å². The molecule has 0 unspecified atom stereocenters. The summed E-state index contributed by atoms with van der Waals surface area (Å²) in [6.45, 7) is 0. The number of rotatable bonds is 4. The second-order valence-electron chi connectivity index (χ2n) is 6.30. The SMILES string of the molecule is COC(=O)/C=C/c1cccc2[nH]cc(Cc3ccc4ccccc4c3)c12. The molecule has 128 valence electrons. The summed E-state index contributed by atoms with van der Waals surface area (Å²) in [5, 5.41) is 3.63. The third-order valence-corrected chi connectivity index (χ3v) is 4.63. The molecule has 0 aliphatic heterocycles. The van der Waals surface area contributed by atoms with Crippen molar-refractivity contribution in [1.29, 1.82) is 0 Å². The number of carbonyl (C=O) groups excluding carboxylic acids is 1. The molecule has 4 rings (SSSR count). The first-order valence-corrected chi connectivity index (χ1v) is 8.57. The fourth-order valence-corrected chi connectivity index (χ4v) is 3.36. The fraction of sp³-hybridized carbons (Fsp3) is 0.0870. The molecule has 0 saturated heterocycles. The van der Waals surface area contributed by atoms with Gasteiger partial charge in [-0.2, -0.15) is 0 Å². The van der Waals surface area contributed by atoms with Crippen molar-refractivity contribution < 1.29 is 9.53 Å². The summed E-state index contributed by atoms with van der Waals surface area (Å²) in [4.78, 5) is 14.8. The smallest absolute Gasteiger partial charge is 0.330 e. The Kier molecular flexibility index (Phi) is 4.28. The van der Waals surface area contributed by atoms with E-state index in [1.807, 2.05) is 18.2 Å². The average Bonchev–Trinajstić information content (AvgIpc) is 3.09. The van der Waals surface area contributed by atoms with Gasteiger partial charge in [-0.1, -0.05) is 54.6 Å². The average molecular weight is 341 g/mol. The minimum Gasteiger partial charge on any atom is -0.466 e. The summed E-state index contributed by atoms with van der Waals surface area (Å²) in [5.74, 6) is -0.353. The first-order valence-electron chi connectivity index (χ1n) is 8.57. The maximum absolute atomic E-state index is 11.4. The Morgan fingerprint density at radius 2 is 1.88 bits per heavy atom. The molecule has 1 aromatic heterocycles. The summed E-state index contributed by atoms with van der Waals surface area (Å²) in [7, 11) is 1.38. The highest BCUT2D eigenvalue weighted by Crippen LogP contribution is 2.27. The van der Waals surface area contributed by atoms with Crippen LogP contribution < -0.4 is 0 Å². The Hall–Kier alpha value is -3.33. The van der Waals surface area contributed by atoms with Gasteiger partial charge in [-0.25, -0.2) is 4.79 Å². The lowest BCUT2D eigenvalue weighted by atomic mass is 9.98. The lowest BCUT2D eigenvalue weighted by molar-refractivity contribution is -0.134. The summed E-state index contributed by atoms with van der Waals surface area (Å²) in [6.07, 6.45) is 6.15. The van der Waals surface area contributed by atoms with E-state index in [0.717, 1.165) is 22.9 Å². The van der Waals surface area contributed by atoms with E-state index in [2.05, 4.69) is 59.7 Å². The van der Waals surface area contributed by atoms with Crippen LogP contribution >= 0.6 is 0 Å². The Morgan fingerprint density at radius 1 is 1.04 bits per heavy atom. The lowest BCUT2D eigenvalue weighted by Crippen LogP contribution is -1.93. The fourth-order valence-electron chi connectivity index (χ4n) is 3.36. The lowest BCUT2D eigenvalue weighted by Gasteiger charge is -2.05. The van der Waals surface area contributed by atoms with Crippen LogP contribution in [-0.4, -0.2) is 18.1 Å². The number of carbonyl (C=O) groups is 1. The third kappa shape index (κ3) is 3.11. The zero-order valence-corrected chi connectivity index (χ0v) is 14.5. The molecule has 0 fully saturated rings. The molecule has 1 heterocycles. The quantitative estimate of drug-likeness (QED) is 0.414. The van der Waals surface area contributed by atoms with Crippen LogP contribution in [0.15, 0.2) is 72.9 Å². The Bertz CT molecular complexity index is 1120. The van der Waals surface area contributed by atoms with E-state index in [4.69, 9.17) is 4.74 Å². The van der Waals surface area contributed by atoms with E-state index >= 15 is 0 Å². The molecule has 0 radical (unpaired) electrons. The van der Waals surface area contributed by atoms with Crippen molar-refractivity contribution in [2.45, 2.75) is 6.42 Å². The predicted octanol–water partition coefficient (Wildman–Crippen LogP) is 5.10. The number of aromatic nitrogens is 1. The molecule has 0 spiro atoms. The van der Waals surface area contributed by atoms with Crippen LogP contribution in [0.4, 0.5) is 0 Å². The second-order valence-corrected chi connectivity index (χ2v) is 6.30. The number of esters is 1. The summed E-state index contributed by atoms with van der Waals surface area (Å²) in [6, 6.07) is 21.0. The molecule has 4 aromatic rings. The number of hydrogen-bond acceptors (Lipinski definition) is 2. The topological polar surface area (TPSA) is 42.1 Å². The zero-order valence-electron chi connectivity index (χ0n) is 14.5. The van der Waals surface area contributed by atoms with Crippen molar-refractivity contribution in [2.75, 3.05) is 7.11 Å². The third-order valence-electron chi connectivity index (χ3n) is 4.63. The highest BCUT2D eigenvalue weighted by molar-refractivity contribution is 5.95.